The molecule has 0 radical (unpaired) electrons. The molecular formula is C16H28F3N3O2S. The zero-order valence-corrected chi connectivity index (χ0v) is 15.4. The Labute approximate surface area is 148 Å². The number of piperidine rings is 3. The Bertz CT molecular complexity index is 533. The lowest BCUT2D eigenvalue weighted by molar-refractivity contribution is -0.182. The standard InChI is InChI=1S/C16H28F3N3O2S/c17-16(18,19)14-4-10-21(11-5-14)25(23,24)22-12-6-15(7-13-22)20-8-2-1-3-9-20/h14-15H,1-13H2. The number of hydrogen-bond donors (Lipinski definition) is 0. The van der Waals surface area contributed by atoms with E-state index in [9.17, 15) is 21.6 Å². The van der Waals surface area contributed by atoms with Gasteiger partial charge in [0.05, 0.1) is 5.92 Å². The Morgan fingerprint density at radius 1 is 0.720 bits per heavy atom. The molecular weight excluding hydrogens is 355 g/mol. The molecule has 0 saturated carbocycles. The summed E-state index contributed by atoms with van der Waals surface area (Å²) in [6.45, 7) is 3.09. The van der Waals surface area contributed by atoms with Gasteiger partial charge < -0.3 is 4.90 Å². The molecule has 0 spiro atoms. The minimum absolute atomic E-state index is 0.0292. The van der Waals surface area contributed by atoms with Crippen LogP contribution in [0, 0.1) is 5.92 Å². The van der Waals surface area contributed by atoms with Crippen LogP contribution in [0.25, 0.3) is 0 Å². The van der Waals surface area contributed by atoms with E-state index in [1.165, 1.54) is 27.9 Å². The molecule has 3 saturated heterocycles. The molecule has 3 aliphatic heterocycles. The third kappa shape index (κ3) is 4.48. The van der Waals surface area contributed by atoms with Gasteiger partial charge in [0.1, 0.15) is 0 Å². The highest BCUT2D eigenvalue weighted by Gasteiger charge is 2.44. The summed E-state index contributed by atoms with van der Waals surface area (Å²) >= 11 is 0. The van der Waals surface area contributed by atoms with Crippen LogP contribution in [0.5, 0.6) is 0 Å². The number of hydrogen-bond acceptors (Lipinski definition) is 3. The van der Waals surface area contributed by atoms with Crippen molar-refractivity contribution >= 4 is 10.2 Å². The number of alkyl halides is 3. The molecule has 0 aromatic rings. The SMILES string of the molecule is O=S(=O)(N1CCC(N2CCCCC2)CC1)N1CCC(C(F)(F)F)CC1. The van der Waals surface area contributed by atoms with Crippen LogP contribution < -0.4 is 0 Å². The molecule has 0 aromatic carbocycles. The summed E-state index contributed by atoms with van der Waals surface area (Å²) in [6.07, 6.45) is 0.857. The van der Waals surface area contributed by atoms with Crippen molar-refractivity contribution in [1.29, 1.82) is 0 Å². The van der Waals surface area contributed by atoms with Crippen LogP contribution in [0.15, 0.2) is 0 Å². The number of likely N-dealkylation sites (tertiary alicyclic amines) is 1. The summed E-state index contributed by atoms with van der Waals surface area (Å²) in [4.78, 5) is 2.47. The maximum atomic E-state index is 12.8. The van der Waals surface area contributed by atoms with Crippen molar-refractivity contribution in [3.63, 3.8) is 0 Å². The van der Waals surface area contributed by atoms with Gasteiger partial charge in [-0.1, -0.05) is 6.42 Å². The second-order valence-electron chi connectivity index (χ2n) is 7.45. The van der Waals surface area contributed by atoms with E-state index >= 15 is 0 Å². The largest absolute Gasteiger partial charge is 0.391 e. The predicted octanol–water partition coefficient (Wildman–Crippen LogP) is 2.46. The molecule has 146 valence electrons. The van der Waals surface area contributed by atoms with Crippen molar-refractivity contribution in [2.24, 2.45) is 5.92 Å². The minimum Gasteiger partial charge on any atom is -0.300 e. The lowest BCUT2D eigenvalue weighted by Gasteiger charge is -2.41. The van der Waals surface area contributed by atoms with Crippen LogP contribution in [-0.4, -0.2) is 73.4 Å². The maximum absolute atomic E-state index is 12.8. The average Bonchev–Trinajstić information content (AvgIpc) is 2.62. The van der Waals surface area contributed by atoms with Gasteiger partial charge >= 0.3 is 6.18 Å². The van der Waals surface area contributed by atoms with Crippen molar-refractivity contribution in [2.75, 3.05) is 39.3 Å². The molecule has 0 aromatic heterocycles. The summed E-state index contributed by atoms with van der Waals surface area (Å²) in [5.41, 5.74) is 0. The van der Waals surface area contributed by atoms with Crippen molar-refractivity contribution in [2.45, 2.75) is 57.2 Å². The van der Waals surface area contributed by atoms with Crippen molar-refractivity contribution in [1.82, 2.24) is 13.5 Å². The predicted molar refractivity (Wildman–Crippen MR) is 89.3 cm³/mol. The molecule has 3 rings (SSSR count). The van der Waals surface area contributed by atoms with E-state index in [0.717, 1.165) is 25.9 Å². The molecule has 0 N–H and O–H groups in total. The highest BCUT2D eigenvalue weighted by atomic mass is 32.2. The Morgan fingerprint density at radius 3 is 1.68 bits per heavy atom. The van der Waals surface area contributed by atoms with E-state index in [2.05, 4.69) is 4.90 Å². The van der Waals surface area contributed by atoms with E-state index in [0.29, 0.717) is 19.1 Å². The molecule has 5 nitrogen and oxygen atoms in total. The highest BCUT2D eigenvalue weighted by molar-refractivity contribution is 7.86. The molecule has 0 atom stereocenters. The van der Waals surface area contributed by atoms with Gasteiger partial charge in [-0.25, -0.2) is 0 Å². The first-order chi connectivity index (χ1) is 11.8. The van der Waals surface area contributed by atoms with Crippen LogP contribution >= 0.6 is 0 Å². The first-order valence-electron chi connectivity index (χ1n) is 9.34. The van der Waals surface area contributed by atoms with Gasteiger partial charge in [-0.3, -0.25) is 0 Å². The number of rotatable bonds is 3. The van der Waals surface area contributed by atoms with Crippen molar-refractivity contribution in [3.05, 3.63) is 0 Å². The van der Waals surface area contributed by atoms with Gasteiger partial charge in [0.25, 0.3) is 10.2 Å². The maximum Gasteiger partial charge on any atom is 0.391 e. The molecule has 0 amide bonds. The van der Waals surface area contributed by atoms with Gasteiger partial charge in [-0.05, 0) is 51.6 Å². The molecule has 3 fully saturated rings. The fourth-order valence-corrected chi connectivity index (χ4v) is 5.97. The topological polar surface area (TPSA) is 43.9 Å². The van der Waals surface area contributed by atoms with Gasteiger partial charge in [0.15, 0.2) is 0 Å². The summed E-state index contributed by atoms with van der Waals surface area (Å²) in [5.74, 6) is -1.37. The van der Waals surface area contributed by atoms with E-state index < -0.39 is 22.3 Å². The molecule has 3 aliphatic rings. The van der Waals surface area contributed by atoms with Crippen molar-refractivity contribution in [3.8, 4) is 0 Å². The first kappa shape index (κ1) is 19.4. The third-order valence-corrected chi connectivity index (χ3v) is 7.94. The Balaban J connectivity index is 1.52. The zero-order valence-electron chi connectivity index (χ0n) is 14.5. The second-order valence-corrected chi connectivity index (χ2v) is 9.38. The van der Waals surface area contributed by atoms with E-state index in [-0.39, 0.29) is 25.9 Å². The van der Waals surface area contributed by atoms with Gasteiger partial charge in [0, 0.05) is 32.2 Å². The molecule has 3 heterocycles. The lowest BCUT2D eigenvalue weighted by Crippen LogP contribution is -2.53. The smallest absolute Gasteiger partial charge is 0.300 e. The summed E-state index contributed by atoms with van der Waals surface area (Å²) in [5, 5.41) is 0. The van der Waals surface area contributed by atoms with Crippen LogP contribution in [-0.2, 0) is 10.2 Å². The van der Waals surface area contributed by atoms with Gasteiger partial charge in [0.2, 0.25) is 0 Å². The molecule has 0 aliphatic carbocycles. The fraction of sp³-hybridized carbons (Fsp3) is 1.00. The highest BCUT2D eigenvalue weighted by Crippen LogP contribution is 2.35. The molecule has 25 heavy (non-hydrogen) atoms. The Hall–Kier alpha value is -0.380. The molecule has 9 heteroatoms. The quantitative estimate of drug-likeness (QED) is 0.752. The number of nitrogens with zero attached hydrogens (tertiary/aromatic N) is 3. The number of halogens is 3. The first-order valence-corrected chi connectivity index (χ1v) is 10.7. The zero-order chi connectivity index (χ0) is 18.1. The van der Waals surface area contributed by atoms with Crippen LogP contribution in [0.4, 0.5) is 13.2 Å². The summed E-state index contributed by atoms with van der Waals surface area (Å²) < 4.78 is 66.5. The monoisotopic (exact) mass is 383 g/mol. The lowest BCUT2D eigenvalue weighted by atomic mass is 9.98. The summed E-state index contributed by atoms with van der Waals surface area (Å²) in [6, 6.07) is 0.447. The van der Waals surface area contributed by atoms with Gasteiger partial charge in [-0.15, -0.1) is 0 Å². The van der Waals surface area contributed by atoms with Crippen molar-refractivity contribution < 1.29 is 21.6 Å². The van der Waals surface area contributed by atoms with Gasteiger partial charge in [-0.2, -0.15) is 30.2 Å². The second kappa shape index (κ2) is 7.70. The molecule has 0 bridgehead atoms. The van der Waals surface area contributed by atoms with Crippen LogP contribution in [0.2, 0.25) is 0 Å². The van der Waals surface area contributed by atoms with Crippen LogP contribution in [0.3, 0.4) is 0 Å². The van der Waals surface area contributed by atoms with E-state index in [4.69, 9.17) is 0 Å². The van der Waals surface area contributed by atoms with E-state index in [1.807, 2.05) is 0 Å². The fourth-order valence-electron chi connectivity index (χ4n) is 4.30. The van der Waals surface area contributed by atoms with E-state index in [1.54, 1.807) is 0 Å². The normalized spacial score (nSPS) is 27.6. The summed E-state index contributed by atoms with van der Waals surface area (Å²) in [7, 11) is -3.63. The minimum atomic E-state index is -4.22. The Kier molecular flexibility index (Phi) is 5.97. The average molecular weight is 383 g/mol. The van der Waals surface area contributed by atoms with Crippen LogP contribution in [0.1, 0.15) is 44.9 Å². The third-order valence-electron chi connectivity index (χ3n) is 5.90. The Morgan fingerprint density at radius 2 is 1.20 bits per heavy atom. The molecule has 0 unspecified atom stereocenters.